The molecule has 0 unspecified atom stereocenters. The first-order chi connectivity index (χ1) is 10.6. The van der Waals surface area contributed by atoms with E-state index in [1.807, 2.05) is 55.8 Å². The first-order valence-corrected chi connectivity index (χ1v) is 7.37. The number of hydrogen-bond acceptors (Lipinski definition) is 3. The third-order valence-electron chi connectivity index (χ3n) is 3.79. The number of aromatic nitrogens is 2. The van der Waals surface area contributed by atoms with Gasteiger partial charge in [0, 0.05) is 12.7 Å². The minimum Gasteiger partial charge on any atom is -0.466 e. The highest BCUT2D eigenvalue weighted by Crippen LogP contribution is 2.18. The van der Waals surface area contributed by atoms with E-state index in [0.29, 0.717) is 24.4 Å². The van der Waals surface area contributed by atoms with E-state index in [1.54, 1.807) is 11.0 Å². The van der Waals surface area contributed by atoms with Gasteiger partial charge < -0.3 is 13.7 Å². The lowest BCUT2D eigenvalue weighted by Crippen LogP contribution is -2.30. The number of amides is 1. The number of pyridine rings is 1. The maximum atomic E-state index is 12.7. The van der Waals surface area contributed by atoms with Crippen molar-refractivity contribution in [2.45, 2.75) is 27.3 Å². The number of imidazole rings is 1. The predicted octanol–water partition coefficient (Wildman–Crippen LogP) is 3.21. The van der Waals surface area contributed by atoms with Gasteiger partial charge in [-0.15, -0.1) is 0 Å². The lowest BCUT2D eigenvalue weighted by molar-refractivity contribution is 0.0748. The zero-order chi connectivity index (χ0) is 15.7. The Morgan fingerprint density at radius 3 is 2.86 bits per heavy atom. The minimum atomic E-state index is -0.0114. The summed E-state index contributed by atoms with van der Waals surface area (Å²) in [5.74, 6) is 1.41. The van der Waals surface area contributed by atoms with Crippen LogP contribution in [-0.4, -0.2) is 26.7 Å². The summed E-state index contributed by atoms with van der Waals surface area (Å²) in [5.41, 5.74) is 2.51. The summed E-state index contributed by atoms with van der Waals surface area (Å²) in [6.07, 6.45) is 3.78. The fourth-order valence-electron chi connectivity index (χ4n) is 2.64. The van der Waals surface area contributed by atoms with Crippen LogP contribution in [0.2, 0.25) is 0 Å². The Morgan fingerprint density at radius 1 is 1.36 bits per heavy atom. The Balaban J connectivity index is 1.88. The molecule has 0 aromatic carbocycles. The predicted molar refractivity (Wildman–Crippen MR) is 83.8 cm³/mol. The second-order valence-corrected chi connectivity index (χ2v) is 5.32. The van der Waals surface area contributed by atoms with Crippen LogP contribution >= 0.6 is 0 Å². The molecule has 0 radical (unpaired) electrons. The van der Waals surface area contributed by atoms with Crippen molar-refractivity contribution in [2.75, 3.05) is 6.54 Å². The first kappa shape index (κ1) is 14.4. The van der Waals surface area contributed by atoms with Gasteiger partial charge in [-0.25, -0.2) is 4.98 Å². The Bertz CT molecular complexity index is 816. The van der Waals surface area contributed by atoms with Gasteiger partial charge in [0.25, 0.3) is 5.91 Å². The van der Waals surface area contributed by atoms with E-state index in [1.165, 1.54) is 0 Å². The van der Waals surface area contributed by atoms with E-state index in [0.717, 1.165) is 17.1 Å². The van der Waals surface area contributed by atoms with Crippen LogP contribution in [0.4, 0.5) is 0 Å². The average molecular weight is 297 g/mol. The van der Waals surface area contributed by atoms with Crippen LogP contribution in [0.15, 0.2) is 41.1 Å². The molecule has 5 heteroatoms. The molecule has 0 N–H and O–H groups in total. The number of aryl methyl sites for hydroxylation is 2. The number of nitrogens with zero attached hydrogens (tertiary/aromatic N) is 3. The van der Waals surface area contributed by atoms with Gasteiger partial charge in [0.2, 0.25) is 0 Å². The largest absolute Gasteiger partial charge is 0.466 e. The Labute approximate surface area is 129 Å². The van der Waals surface area contributed by atoms with E-state index < -0.39 is 0 Å². The molecular formula is C17H19N3O2. The molecule has 0 atom stereocenters. The van der Waals surface area contributed by atoms with Gasteiger partial charge in [0.15, 0.2) is 0 Å². The summed E-state index contributed by atoms with van der Waals surface area (Å²) in [6, 6.07) is 7.66. The highest BCUT2D eigenvalue weighted by atomic mass is 16.3. The fraction of sp³-hybridized carbons (Fsp3) is 0.294. The number of fused-ring (bicyclic) bond motifs is 1. The van der Waals surface area contributed by atoms with Crippen LogP contribution in [0.5, 0.6) is 0 Å². The summed E-state index contributed by atoms with van der Waals surface area (Å²) in [7, 11) is 0. The van der Waals surface area contributed by atoms with E-state index >= 15 is 0 Å². The van der Waals surface area contributed by atoms with Crippen LogP contribution in [-0.2, 0) is 6.54 Å². The molecule has 114 valence electrons. The van der Waals surface area contributed by atoms with E-state index in [4.69, 9.17) is 4.42 Å². The third-order valence-corrected chi connectivity index (χ3v) is 3.79. The number of carbonyl (C=O) groups is 1. The van der Waals surface area contributed by atoms with E-state index in [-0.39, 0.29) is 5.91 Å². The van der Waals surface area contributed by atoms with E-state index in [2.05, 4.69) is 4.98 Å². The van der Waals surface area contributed by atoms with Crippen LogP contribution in [0, 0.1) is 13.8 Å². The van der Waals surface area contributed by atoms with Crippen molar-refractivity contribution in [1.82, 2.24) is 14.3 Å². The summed E-state index contributed by atoms with van der Waals surface area (Å²) >= 11 is 0. The summed E-state index contributed by atoms with van der Waals surface area (Å²) in [4.78, 5) is 18.9. The first-order valence-electron chi connectivity index (χ1n) is 7.37. The maximum absolute atomic E-state index is 12.7. The monoisotopic (exact) mass is 297 g/mol. The van der Waals surface area contributed by atoms with Crippen molar-refractivity contribution in [3.63, 3.8) is 0 Å². The number of carbonyl (C=O) groups excluding carboxylic acids is 1. The van der Waals surface area contributed by atoms with Crippen molar-refractivity contribution in [2.24, 2.45) is 0 Å². The van der Waals surface area contributed by atoms with Crippen LogP contribution in [0.3, 0.4) is 0 Å². The minimum absolute atomic E-state index is 0.0114. The van der Waals surface area contributed by atoms with Crippen molar-refractivity contribution < 1.29 is 9.21 Å². The molecular weight excluding hydrogens is 278 g/mol. The SMILES string of the molecule is CCN(Cc1cnc2ccccn12)C(=O)c1cc(C)oc1C. The molecule has 0 saturated carbocycles. The summed E-state index contributed by atoms with van der Waals surface area (Å²) < 4.78 is 7.47. The molecule has 1 amide bonds. The summed E-state index contributed by atoms with van der Waals surface area (Å²) in [6.45, 7) is 6.79. The molecule has 3 aromatic heterocycles. The number of furan rings is 1. The molecule has 0 aliphatic heterocycles. The molecule has 22 heavy (non-hydrogen) atoms. The average Bonchev–Trinajstić information content (AvgIpc) is 3.07. The third kappa shape index (κ3) is 2.50. The second kappa shape index (κ2) is 5.67. The molecule has 0 saturated heterocycles. The fourth-order valence-corrected chi connectivity index (χ4v) is 2.64. The van der Waals surface area contributed by atoms with Gasteiger partial charge in [0.1, 0.15) is 17.2 Å². The molecule has 3 heterocycles. The molecule has 5 nitrogen and oxygen atoms in total. The van der Waals surface area contributed by atoms with Crippen molar-refractivity contribution in [1.29, 1.82) is 0 Å². The van der Waals surface area contributed by atoms with Crippen LogP contribution in [0.1, 0.15) is 34.5 Å². The van der Waals surface area contributed by atoms with E-state index in [9.17, 15) is 4.79 Å². The Kier molecular flexibility index (Phi) is 3.71. The zero-order valence-corrected chi connectivity index (χ0v) is 13.0. The lowest BCUT2D eigenvalue weighted by atomic mass is 10.2. The quantitative estimate of drug-likeness (QED) is 0.743. The molecule has 0 aliphatic carbocycles. The van der Waals surface area contributed by atoms with Gasteiger partial charge in [-0.3, -0.25) is 4.79 Å². The van der Waals surface area contributed by atoms with Gasteiger partial charge >= 0.3 is 0 Å². The highest BCUT2D eigenvalue weighted by molar-refractivity contribution is 5.95. The van der Waals surface area contributed by atoms with Crippen LogP contribution in [0.25, 0.3) is 5.65 Å². The molecule has 0 aliphatic rings. The molecule has 0 fully saturated rings. The van der Waals surface area contributed by atoms with Gasteiger partial charge in [-0.1, -0.05) is 6.07 Å². The molecule has 3 rings (SSSR count). The van der Waals surface area contributed by atoms with Gasteiger partial charge in [0.05, 0.1) is 24.0 Å². The van der Waals surface area contributed by atoms with Gasteiger partial charge in [-0.2, -0.15) is 0 Å². The standard InChI is InChI=1S/C17H19N3O2/c1-4-19(17(21)15-9-12(2)22-13(15)3)11-14-10-18-16-7-5-6-8-20(14)16/h5-10H,4,11H2,1-3H3. The highest BCUT2D eigenvalue weighted by Gasteiger charge is 2.20. The normalized spacial score (nSPS) is 11.0. The van der Waals surface area contributed by atoms with Crippen molar-refractivity contribution in [3.05, 3.63) is 59.4 Å². The zero-order valence-electron chi connectivity index (χ0n) is 13.0. The number of rotatable bonds is 4. The smallest absolute Gasteiger partial charge is 0.257 e. The lowest BCUT2D eigenvalue weighted by Gasteiger charge is -2.20. The molecule has 3 aromatic rings. The van der Waals surface area contributed by atoms with Crippen molar-refractivity contribution in [3.8, 4) is 0 Å². The summed E-state index contributed by atoms with van der Waals surface area (Å²) in [5, 5.41) is 0. The Hall–Kier alpha value is -2.56. The number of hydrogen-bond donors (Lipinski definition) is 0. The Morgan fingerprint density at radius 2 is 2.18 bits per heavy atom. The molecule has 0 spiro atoms. The second-order valence-electron chi connectivity index (χ2n) is 5.32. The van der Waals surface area contributed by atoms with Gasteiger partial charge in [-0.05, 0) is 39.0 Å². The topological polar surface area (TPSA) is 50.8 Å². The molecule has 0 bridgehead atoms. The maximum Gasteiger partial charge on any atom is 0.257 e. The van der Waals surface area contributed by atoms with Crippen LogP contribution < -0.4 is 0 Å². The van der Waals surface area contributed by atoms with Crippen molar-refractivity contribution >= 4 is 11.6 Å².